The molecule has 1 heterocycles. The van der Waals surface area contributed by atoms with Crippen LogP contribution in [0, 0.1) is 0 Å². The molecule has 1 aliphatic heterocycles. The molecule has 1 amide bonds. The lowest BCUT2D eigenvalue weighted by Gasteiger charge is -2.08. The van der Waals surface area contributed by atoms with Crippen LogP contribution in [-0.2, 0) is 14.3 Å². The van der Waals surface area contributed by atoms with Crippen LogP contribution in [0.15, 0.2) is 22.7 Å². The van der Waals surface area contributed by atoms with Gasteiger partial charge < -0.3 is 10.1 Å². The molecule has 1 aliphatic rings. The molecule has 2 rings (SSSR count). The molecule has 1 aromatic carbocycles. The van der Waals surface area contributed by atoms with Crippen molar-refractivity contribution in [3.05, 3.63) is 28.2 Å². The second kappa shape index (κ2) is 3.66. The number of fused-ring (bicyclic) bond motifs is 1. The van der Waals surface area contributed by atoms with Crippen molar-refractivity contribution in [2.75, 3.05) is 5.32 Å². The maximum absolute atomic E-state index is 11.5. The molecule has 4 nitrogen and oxygen atoms in total. The zero-order valence-corrected chi connectivity index (χ0v) is 9.50. The summed E-state index contributed by atoms with van der Waals surface area (Å²) in [5, 5.41) is 2.65. The number of benzene rings is 1. The third kappa shape index (κ3) is 1.87. The van der Waals surface area contributed by atoms with Gasteiger partial charge in [-0.1, -0.05) is 22.0 Å². The standard InChI is InChI=1S/C10H8BrNO3/c1-5(13)15-9-7-3-2-6(11)4-8(7)12-10(9)14/h2-4,9H,1H3,(H,12,14). The Hall–Kier alpha value is -1.36. The summed E-state index contributed by atoms with van der Waals surface area (Å²) in [6, 6.07) is 5.33. The van der Waals surface area contributed by atoms with Crippen molar-refractivity contribution in [1.29, 1.82) is 0 Å². The fraction of sp³-hybridized carbons (Fsp3) is 0.200. The van der Waals surface area contributed by atoms with Crippen molar-refractivity contribution in [3.63, 3.8) is 0 Å². The fourth-order valence-corrected chi connectivity index (χ4v) is 1.85. The van der Waals surface area contributed by atoms with Gasteiger partial charge in [0.1, 0.15) is 0 Å². The molecule has 1 atom stereocenters. The second-order valence-corrected chi connectivity index (χ2v) is 4.13. The van der Waals surface area contributed by atoms with E-state index in [0.29, 0.717) is 11.3 Å². The number of esters is 1. The second-order valence-electron chi connectivity index (χ2n) is 3.21. The molecule has 0 fully saturated rings. The van der Waals surface area contributed by atoms with Crippen molar-refractivity contribution >= 4 is 33.5 Å². The highest BCUT2D eigenvalue weighted by Gasteiger charge is 2.32. The minimum absolute atomic E-state index is 0.307. The number of nitrogens with one attached hydrogen (secondary N) is 1. The molecule has 0 aromatic heterocycles. The number of amides is 1. The summed E-state index contributed by atoms with van der Waals surface area (Å²) >= 11 is 3.30. The molecule has 15 heavy (non-hydrogen) atoms. The Kier molecular flexibility index (Phi) is 2.48. The number of ether oxygens (including phenoxy) is 1. The van der Waals surface area contributed by atoms with Crippen molar-refractivity contribution in [1.82, 2.24) is 0 Å². The number of carbonyl (C=O) groups is 2. The van der Waals surface area contributed by atoms with Gasteiger partial charge in [-0.15, -0.1) is 0 Å². The van der Waals surface area contributed by atoms with E-state index < -0.39 is 12.1 Å². The SMILES string of the molecule is CC(=O)OC1C(=O)Nc2cc(Br)ccc21. The first-order valence-corrected chi connectivity index (χ1v) is 5.15. The molecular formula is C10H8BrNO3. The van der Waals surface area contributed by atoms with E-state index in [1.807, 2.05) is 0 Å². The number of carbonyl (C=O) groups excluding carboxylic acids is 2. The normalized spacial score (nSPS) is 18.3. The number of hydrogen-bond donors (Lipinski definition) is 1. The summed E-state index contributed by atoms with van der Waals surface area (Å²) in [6.45, 7) is 1.28. The highest BCUT2D eigenvalue weighted by Crippen LogP contribution is 2.35. The third-order valence-corrected chi connectivity index (χ3v) is 2.57. The highest BCUT2D eigenvalue weighted by molar-refractivity contribution is 9.10. The van der Waals surface area contributed by atoms with Gasteiger partial charge in [0, 0.05) is 22.6 Å². The molecule has 5 heteroatoms. The molecule has 0 bridgehead atoms. The lowest BCUT2D eigenvalue weighted by atomic mass is 10.1. The number of anilines is 1. The molecular weight excluding hydrogens is 262 g/mol. The van der Waals surface area contributed by atoms with E-state index in [2.05, 4.69) is 21.2 Å². The molecule has 1 N–H and O–H groups in total. The molecule has 1 aromatic rings. The minimum atomic E-state index is -0.814. The molecule has 0 spiro atoms. The Morgan fingerprint density at radius 3 is 2.93 bits per heavy atom. The lowest BCUT2D eigenvalue weighted by molar-refractivity contribution is -0.151. The van der Waals surface area contributed by atoms with Gasteiger partial charge in [0.25, 0.3) is 5.91 Å². The summed E-state index contributed by atoms with van der Waals surface area (Å²) in [5.74, 6) is -0.774. The van der Waals surface area contributed by atoms with Gasteiger partial charge in [-0.25, -0.2) is 0 Å². The van der Waals surface area contributed by atoms with Crippen LogP contribution in [0.1, 0.15) is 18.6 Å². The lowest BCUT2D eigenvalue weighted by Crippen LogP contribution is -2.17. The summed E-state index contributed by atoms with van der Waals surface area (Å²) in [5.41, 5.74) is 1.37. The quantitative estimate of drug-likeness (QED) is 0.794. The van der Waals surface area contributed by atoms with E-state index in [1.165, 1.54) is 6.92 Å². The van der Waals surface area contributed by atoms with Crippen LogP contribution in [0.4, 0.5) is 5.69 Å². The molecule has 0 saturated heterocycles. The number of rotatable bonds is 1. The summed E-state index contributed by atoms with van der Waals surface area (Å²) in [6.07, 6.45) is -0.814. The van der Waals surface area contributed by atoms with E-state index in [4.69, 9.17) is 4.74 Å². The summed E-state index contributed by atoms with van der Waals surface area (Å²) < 4.78 is 5.79. The first-order valence-electron chi connectivity index (χ1n) is 4.35. The van der Waals surface area contributed by atoms with Crippen LogP contribution >= 0.6 is 15.9 Å². The summed E-state index contributed by atoms with van der Waals surface area (Å²) in [7, 11) is 0. The van der Waals surface area contributed by atoms with Gasteiger partial charge in [-0.05, 0) is 12.1 Å². The first-order chi connectivity index (χ1) is 7.08. The van der Waals surface area contributed by atoms with Crippen LogP contribution in [-0.4, -0.2) is 11.9 Å². The Morgan fingerprint density at radius 1 is 1.53 bits per heavy atom. The van der Waals surface area contributed by atoms with Crippen molar-refractivity contribution in [2.45, 2.75) is 13.0 Å². The van der Waals surface area contributed by atoms with E-state index >= 15 is 0 Å². The fourth-order valence-electron chi connectivity index (χ4n) is 1.49. The first kappa shape index (κ1) is 10.2. The Balaban J connectivity index is 2.37. The number of hydrogen-bond acceptors (Lipinski definition) is 3. The molecule has 0 aliphatic carbocycles. The third-order valence-electron chi connectivity index (χ3n) is 2.08. The van der Waals surface area contributed by atoms with Crippen molar-refractivity contribution < 1.29 is 14.3 Å². The number of halogens is 1. The maximum atomic E-state index is 11.5. The van der Waals surface area contributed by atoms with Crippen LogP contribution < -0.4 is 5.32 Å². The topological polar surface area (TPSA) is 55.4 Å². The van der Waals surface area contributed by atoms with Crippen molar-refractivity contribution in [3.8, 4) is 0 Å². The van der Waals surface area contributed by atoms with E-state index in [9.17, 15) is 9.59 Å². The average molecular weight is 270 g/mol. The van der Waals surface area contributed by atoms with E-state index in [0.717, 1.165) is 4.47 Å². The zero-order chi connectivity index (χ0) is 11.0. The minimum Gasteiger partial charge on any atom is -0.447 e. The molecule has 78 valence electrons. The van der Waals surface area contributed by atoms with Gasteiger partial charge in [0.15, 0.2) is 0 Å². The van der Waals surface area contributed by atoms with Gasteiger partial charge in [-0.3, -0.25) is 9.59 Å². The van der Waals surface area contributed by atoms with E-state index in [1.54, 1.807) is 18.2 Å². The summed E-state index contributed by atoms with van der Waals surface area (Å²) in [4.78, 5) is 22.3. The average Bonchev–Trinajstić information content (AvgIpc) is 2.41. The van der Waals surface area contributed by atoms with Crippen LogP contribution in [0.2, 0.25) is 0 Å². The van der Waals surface area contributed by atoms with Gasteiger partial charge in [0.2, 0.25) is 6.10 Å². The monoisotopic (exact) mass is 269 g/mol. The van der Waals surface area contributed by atoms with Gasteiger partial charge >= 0.3 is 5.97 Å². The molecule has 0 saturated carbocycles. The predicted molar refractivity (Wildman–Crippen MR) is 57.3 cm³/mol. The largest absolute Gasteiger partial charge is 0.447 e. The van der Waals surface area contributed by atoms with E-state index in [-0.39, 0.29) is 5.91 Å². The zero-order valence-electron chi connectivity index (χ0n) is 7.91. The smallest absolute Gasteiger partial charge is 0.303 e. The maximum Gasteiger partial charge on any atom is 0.303 e. The Labute approximate surface area is 94.7 Å². The molecule has 0 radical (unpaired) electrons. The Bertz CT molecular complexity index is 444. The van der Waals surface area contributed by atoms with Gasteiger partial charge in [-0.2, -0.15) is 0 Å². The van der Waals surface area contributed by atoms with Crippen LogP contribution in [0.25, 0.3) is 0 Å². The van der Waals surface area contributed by atoms with Gasteiger partial charge in [0.05, 0.1) is 0 Å². The highest BCUT2D eigenvalue weighted by atomic mass is 79.9. The molecule has 1 unspecified atom stereocenters. The van der Waals surface area contributed by atoms with Crippen LogP contribution in [0.3, 0.4) is 0 Å². The Morgan fingerprint density at radius 2 is 2.27 bits per heavy atom. The van der Waals surface area contributed by atoms with Crippen LogP contribution in [0.5, 0.6) is 0 Å². The predicted octanol–water partition coefficient (Wildman–Crippen LogP) is 2.01. The van der Waals surface area contributed by atoms with Crippen molar-refractivity contribution in [2.24, 2.45) is 0 Å².